The lowest BCUT2D eigenvalue weighted by Crippen LogP contribution is -2.33. The van der Waals surface area contributed by atoms with E-state index in [1.165, 1.54) is 11.3 Å². The minimum atomic E-state index is -0.0631. The number of hydrogen-bond acceptors (Lipinski definition) is 6. The first-order chi connectivity index (χ1) is 14.9. The summed E-state index contributed by atoms with van der Waals surface area (Å²) < 4.78 is 12.4. The lowest BCUT2D eigenvalue weighted by molar-refractivity contribution is 0.0986. The molecule has 0 bridgehead atoms. The maximum atomic E-state index is 13.4. The van der Waals surface area contributed by atoms with Gasteiger partial charge < -0.3 is 14.4 Å². The van der Waals surface area contributed by atoms with E-state index in [1.807, 2.05) is 77.3 Å². The zero-order valence-electron chi connectivity index (χ0n) is 19.3. The lowest BCUT2D eigenvalue weighted by atomic mass is 10.2. The van der Waals surface area contributed by atoms with E-state index >= 15 is 0 Å². The second-order valence-corrected chi connectivity index (χ2v) is 8.85. The van der Waals surface area contributed by atoms with Crippen LogP contribution in [0, 0.1) is 0 Å². The van der Waals surface area contributed by atoms with Crippen molar-refractivity contribution < 1.29 is 14.3 Å². The molecule has 32 heavy (non-hydrogen) atoms. The van der Waals surface area contributed by atoms with Crippen molar-refractivity contribution in [3.8, 4) is 11.5 Å². The van der Waals surface area contributed by atoms with Crippen molar-refractivity contribution in [3.05, 3.63) is 48.0 Å². The number of hydrogen-bond donors (Lipinski definition) is 0. The molecular formula is C24H32ClN3O3S. The summed E-state index contributed by atoms with van der Waals surface area (Å²) in [5.41, 5.74) is 1.42. The van der Waals surface area contributed by atoms with Crippen LogP contribution in [-0.2, 0) is 0 Å². The third-order valence-corrected chi connectivity index (χ3v) is 5.65. The minimum Gasteiger partial charge on any atom is -0.492 e. The van der Waals surface area contributed by atoms with E-state index in [0.29, 0.717) is 23.8 Å². The summed E-state index contributed by atoms with van der Waals surface area (Å²) in [5.74, 6) is 1.44. The van der Waals surface area contributed by atoms with Gasteiger partial charge in [0.2, 0.25) is 0 Å². The molecule has 3 rings (SSSR count). The molecule has 1 amide bonds. The maximum Gasteiger partial charge on any atom is 0.260 e. The Morgan fingerprint density at radius 2 is 1.81 bits per heavy atom. The van der Waals surface area contributed by atoms with Gasteiger partial charge >= 0.3 is 0 Å². The smallest absolute Gasteiger partial charge is 0.260 e. The van der Waals surface area contributed by atoms with Crippen LogP contribution in [0.4, 0.5) is 5.13 Å². The summed E-state index contributed by atoms with van der Waals surface area (Å²) in [6.45, 7) is 7.97. The first-order valence-corrected chi connectivity index (χ1v) is 11.5. The van der Waals surface area contributed by atoms with E-state index in [-0.39, 0.29) is 24.4 Å². The van der Waals surface area contributed by atoms with E-state index in [0.717, 1.165) is 34.7 Å². The molecule has 3 aromatic rings. The summed E-state index contributed by atoms with van der Waals surface area (Å²) in [7, 11) is 4.07. The zero-order valence-corrected chi connectivity index (χ0v) is 21.0. The Bertz CT molecular complexity index is 1010. The SMILES string of the molecule is CCOc1cccc2sc(N(CCCN(C)C)C(=O)c3ccc(OC(C)C)cc3)nc12.Cl. The van der Waals surface area contributed by atoms with E-state index in [4.69, 9.17) is 14.5 Å². The van der Waals surface area contributed by atoms with Crippen molar-refractivity contribution in [2.24, 2.45) is 0 Å². The summed E-state index contributed by atoms with van der Waals surface area (Å²) >= 11 is 1.51. The first kappa shape index (κ1) is 25.9. The van der Waals surface area contributed by atoms with Gasteiger partial charge in [-0.1, -0.05) is 17.4 Å². The highest BCUT2D eigenvalue weighted by Gasteiger charge is 2.22. The molecule has 0 saturated heterocycles. The van der Waals surface area contributed by atoms with Gasteiger partial charge in [0.05, 0.1) is 17.4 Å². The van der Waals surface area contributed by atoms with Crippen molar-refractivity contribution in [3.63, 3.8) is 0 Å². The van der Waals surface area contributed by atoms with Crippen molar-refractivity contribution >= 4 is 45.0 Å². The molecule has 0 atom stereocenters. The van der Waals surface area contributed by atoms with E-state index < -0.39 is 0 Å². The van der Waals surface area contributed by atoms with E-state index in [9.17, 15) is 4.79 Å². The Kier molecular flexibility index (Phi) is 9.75. The average molecular weight is 478 g/mol. The van der Waals surface area contributed by atoms with Crippen molar-refractivity contribution in [2.75, 3.05) is 38.7 Å². The van der Waals surface area contributed by atoms with Crippen LogP contribution < -0.4 is 14.4 Å². The highest BCUT2D eigenvalue weighted by Crippen LogP contribution is 2.35. The molecule has 0 radical (unpaired) electrons. The molecule has 174 valence electrons. The summed E-state index contributed by atoms with van der Waals surface area (Å²) in [6, 6.07) is 13.2. The van der Waals surface area contributed by atoms with Crippen LogP contribution in [0.3, 0.4) is 0 Å². The maximum absolute atomic E-state index is 13.4. The normalized spacial score (nSPS) is 11.0. The summed E-state index contributed by atoms with van der Waals surface area (Å²) in [5, 5.41) is 0.688. The number of amides is 1. The molecule has 1 heterocycles. The number of anilines is 1. The summed E-state index contributed by atoms with van der Waals surface area (Å²) in [4.78, 5) is 22.1. The Labute approximate surface area is 200 Å². The molecule has 8 heteroatoms. The van der Waals surface area contributed by atoms with Gasteiger partial charge in [-0.3, -0.25) is 9.69 Å². The van der Waals surface area contributed by atoms with Crippen LogP contribution in [0.1, 0.15) is 37.6 Å². The van der Waals surface area contributed by atoms with Gasteiger partial charge in [0.1, 0.15) is 17.0 Å². The van der Waals surface area contributed by atoms with Gasteiger partial charge in [-0.15, -0.1) is 12.4 Å². The Balaban J connectivity index is 0.00000363. The number of fused-ring (bicyclic) bond motifs is 1. The van der Waals surface area contributed by atoms with Crippen LogP contribution in [0.5, 0.6) is 11.5 Å². The van der Waals surface area contributed by atoms with Gasteiger partial charge in [0.15, 0.2) is 5.13 Å². The van der Waals surface area contributed by atoms with Crippen LogP contribution in [0.15, 0.2) is 42.5 Å². The molecule has 6 nitrogen and oxygen atoms in total. The number of aromatic nitrogens is 1. The van der Waals surface area contributed by atoms with Crippen molar-refractivity contribution in [1.29, 1.82) is 0 Å². The molecule has 0 unspecified atom stereocenters. The van der Waals surface area contributed by atoms with Gasteiger partial charge in [-0.05, 0) is 84.2 Å². The highest BCUT2D eigenvalue weighted by molar-refractivity contribution is 7.22. The minimum absolute atomic E-state index is 0. The fourth-order valence-electron chi connectivity index (χ4n) is 3.23. The third kappa shape index (κ3) is 6.58. The molecule has 0 aliphatic rings. The monoisotopic (exact) mass is 477 g/mol. The number of para-hydroxylation sites is 1. The highest BCUT2D eigenvalue weighted by atomic mass is 35.5. The van der Waals surface area contributed by atoms with Gasteiger partial charge in [-0.2, -0.15) is 0 Å². The molecule has 0 N–H and O–H groups in total. The molecule has 0 aliphatic carbocycles. The standard InChI is InChI=1S/C24H31N3O3S.ClH/c1-6-29-20-9-7-10-21-22(20)25-24(31-21)27(16-8-15-26(4)5)23(28)18-11-13-19(14-12-18)30-17(2)3;/h7,9-14,17H,6,8,15-16H2,1-5H3;1H. The number of ether oxygens (including phenoxy) is 2. The number of nitrogens with zero attached hydrogens (tertiary/aromatic N) is 3. The topological polar surface area (TPSA) is 54.9 Å². The second-order valence-electron chi connectivity index (χ2n) is 7.84. The van der Waals surface area contributed by atoms with Crippen LogP contribution in [-0.4, -0.2) is 55.7 Å². The number of halogens is 1. The van der Waals surface area contributed by atoms with Crippen molar-refractivity contribution in [2.45, 2.75) is 33.3 Å². The Morgan fingerprint density at radius 3 is 2.44 bits per heavy atom. The number of benzene rings is 2. The molecule has 2 aromatic carbocycles. The van der Waals surface area contributed by atoms with Crippen LogP contribution in [0.25, 0.3) is 10.2 Å². The van der Waals surface area contributed by atoms with Crippen molar-refractivity contribution in [1.82, 2.24) is 9.88 Å². The third-order valence-electron chi connectivity index (χ3n) is 4.61. The number of carbonyl (C=O) groups excluding carboxylic acids is 1. The van der Waals surface area contributed by atoms with E-state index in [1.54, 1.807) is 4.90 Å². The molecule has 0 fully saturated rings. The van der Waals surface area contributed by atoms with Crippen LogP contribution >= 0.6 is 23.7 Å². The number of carbonyl (C=O) groups is 1. The number of rotatable bonds is 10. The quantitative estimate of drug-likeness (QED) is 0.385. The molecular weight excluding hydrogens is 446 g/mol. The molecule has 0 aliphatic heterocycles. The molecule has 0 saturated carbocycles. The largest absolute Gasteiger partial charge is 0.492 e. The lowest BCUT2D eigenvalue weighted by Gasteiger charge is -2.21. The molecule has 1 aromatic heterocycles. The fraction of sp³-hybridized carbons (Fsp3) is 0.417. The predicted octanol–water partition coefficient (Wildman–Crippen LogP) is 5.50. The van der Waals surface area contributed by atoms with Gasteiger partial charge in [-0.25, -0.2) is 4.98 Å². The Morgan fingerprint density at radius 1 is 1.09 bits per heavy atom. The van der Waals surface area contributed by atoms with E-state index in [2.05, 4.69) is 4.90 Å². The predicted molar refractivity (Wildman–Crippen MR) is 135 cm³/mol. The first-order valence-electron chi connectivity index (χ1n) is 10.6. The average Bonchev–Trinajstić information content (AvgIpc) is 3.16. The fourth-order valence-corrected chi connectivity index (χ4v) is 4.24. The summed E-state index contributed by atoms with van der Waals surface area (Å²) in [6.07, 6.45) is 0.938. The van der Waals surface area contributed by atoms with Gasteiger partial charge in [0, 0.05) is 12.1 Å². The van der Waals surface area contributed by atoms with Crippen LogP contribution in [0.2, 0.25) is 0 Å². The Hall–Kier alpha value is -2.35. The second kappa shape index (κ2) is 12.0. The van der Waals surface area contributed by atoms with Gasteiger partial charge in [0.25, 0.3) is 5.91 Å². The zero-order chi connectivity index (χ0) is 22.4. The number of thiazole rings is 1. The molecule has 0 spiro atoms.